The van der Waals surface area contributed by atoms with E-state index in [4.69, 9.17) is 16.9 Å². The summed E-state index contributed by atoms with van der Waals surface area (Å²) >= 11 is 9.11. The Kier molecular flexibility index (Phi) is 4.17. The third kappa shape index (κ3) is 3.04. The van der Waals surface area contributed by atoms with Gasteiger partial charge in [0.05, 0.1) is 27.3 Å². The molecule has 0 atom stereocenters. The van der Waals surface area contributed by atoms with Crippen molar-refractivity contribution in [3.05, 3.63) is 55.6 Å². The molecule has 6 nitrogen and oxygen atoms in total. The van der Waals surface area contributed by atoms with Gasteiger partial charge in [-0.15, -0.1) is 0 Å². The van der Waals surface area contributed by atoms with Crippen LogP contribution in [0.15, 0.2) is 34.9 Å². The van der Waals surface area contributed by atoms with Crippen LogP contribution in [-0.4, -0.2) is 9.91 Å². The number of rotatable bonds is 3. The summed E-state index contributed by atoms with van der Waals surface area (Å²) in [7, 11) is 0. The van der Waals surface area contributed by atoms with Crippen molar-refractivity contribution >= 4 is 44.7 Å². The number of anilines is 2. The minimum atomic E-state index is -0.553. The molecule has 0 radical (unpaired) electrons. The van der Waals surface area contributed by atoms with Crippen LogP contribution < -0.4 is 5.32 Å². The third-order valence-electron chi connectivity index (χ3n) is 2.38. The maximum absolute atomic E-state index is 11.0. The minimum Gasteiger partial charge on any atom is -0.333 e. The van der Waals surface area contributed by atoms with Gasteiger partial charge in [-0.25, -0.2) is 4.98 Å². The van der Waals surface area contributed by atoms with Gasteiger partial charge in [-0.05, 0) is 34.1 Å². The lowest BCUT2D eigenvalue weighted by atomic mass is 10.2. The van der Waals surface area contributed by atoms with Gasteiger partial charge >= 0.3 is 5.69 Å². The Morgan fingerprint density at radius 2 is 2.20 bits per heavy atom. The summed E-state index contributed by atoms with van der Waals surface area (Å²) in [6.45, 7) is 0. The van der Waals surface area contributed by atoms with E-state index in [1.54, 1.807) is 6.07 Å². The molecule has 100 valence electrons. The van der Waals surface area contributed by atoms with Crippen molar-refractivity contribution in [3.8, 4) is 6.07 Å². The van der Waals surface area contributed by atoms with E-state index in [2.05, 4.69) is 26.2 Å². The van der Waals surface area contributed by atoms with Crippen LogP contribution in [0.25, 0.3) is 0 Å². The van der Waals surface area contributed by atoms with Gasteiger partial charge in [-0.1, -0.05) is 11.6 Å². The van der Waals surface area contributed by atoms with Crippen LogP contribution in [0.2, 0.25) is 5.02 Å². The first kappa shape index (κ1) is 14.2. The summed E-state index contributed by atoms with van der Waals surface area (Å²) in [5.41, 5.74) is 0.568. The van der Waals surface area contributed by atoms with Crippen molar-refractivity contribution < 1.29 is 4.92 Å². The number of aromatic nitrogens is 1. The number of hydrogen-bond acceptors (Lipinski definition) is 5. The van der Waals surface area contributed by atoms with E-state index in [1.165, 1.54) is 24.4 Å². The van der Waals surface area contributed by atoms with Gasteiger partial charge in [-0.2, -0.15) is 5.26 Å². The van der Waals surface area contributed by atoms with Crippen LogP contribution in [0.4, 0.5) is 17.2 Å². The van der Waals surface area contributed by atoms with Gasteiger partial charge in [0.2, 0.25) is 5.82 Å². The number of nitro groups is 1. The standard InChI is InChI=1S/C12H6BrClN4O2/c13-8-4-11(18(19)20)12(16-6-8)17-10-3-7(5-15)1-2-9(10)14/h1-4,6H,(H,16,17). The zero-order valence-electron chi connectivity index (χ0n) is 9.80. The molecule has 2 rings (SSSR count). The van der Waals surface area contributed by atoms with Crippen molar-refractivity contribution in [2.45, 2.75) is 0 Å². The van der Waals surface area contributed by atoms with Gasteiger partial charge in [0, 0.05) is 16.7 Å². The maximum atomic E-state index is 11.0. The summed E-state index contributed by atoms with van der Waals surface area (Å²) in [4.78, 5) is 14.4. The molecule has 1 aromatic heterocycles. The number of nitrogens with one attached hydrogen (secondary N) is 1. The van der Waals surface area contributed by atoms with Gasteiger partial charge in [-0.3, -0.25) is 10.1 Å². The predicted octanol–water partition coefficient (Wildman–Crippen LogP) is 4.02. The molecular weight excluding hydrogens is 348 g/mol. The van der Waals surface area contributed by atoms with Gasteiger partial charge in [0.25, 0.3) is 0 Å². The van der Waals surface area contributed by atoms with Crippen molar-refractivity contribution in [1.29, 1.82) is 5.26 Å². The van der Waals surface area contributed by atoms with E-state index in [0.29, 0.717) is 20.7 Å². The second-order valence-electron chi connectivity index (χ2n) is 3.71. The highest BCUT2D eigenvalue weighted by Gasteiger charge is 2.17. The van der Waals surface area contributed by atoms with Crippen molar-refractivity contribution in [1.82, 2.24) is 4.98 Å². The van der Waals surface area contributed by atoms with Gasteiger partial charge in [0.15, 0.2) is 0 Å². The molecule has 0 saturated heterocycles. The normalized spacial score (nSPS) is 9.85. The molecule has 8 heteroatoms. The Hall–Kier alpha value is -2.17. The largest absolute Gasteiger partial charge is 0.333 e. The Morgan fingerprint density at radius 1 is 1.45 bits per heavy atom. The number of hydrogen-bond donors (Lipinski definition) is 1. The van der Waals surface area contributed by atoms with E-state index < -0.39 is 4.92 Å². The highest BCUT2D eigenvalue weighted by molar-refractivity contribution is 9.10. The lowest BCUT2D eigenvalue weighted by Crippen LogP contribution is -2.00. The van der Waals surface area contributed by atoms with Crippen LogP contribution >= 0.6 is 27.5 Å². The number of pyridine rings is 1. The smallest absolute Gasteiger partial charge is 0.312 e. The van der Waals surface area contributed by atoms with Crippen LogP contribution in [0.5, 0.6) is 0 Å². The summed E-state index contributed by atoms with van der Waals surface area (Å²) in [5.74, 6) is 0.0511. The van der Waals surface area contributed by atoms with Crippen LogP contribution in [0, 0.1) is 21.4 Å². The summed E-state index contributed by atoms with van der Waals surface area (Å²) in [5, 5.41) is 22.9. The van der Waals surface area contributed by atoms with Crippen LogP contribution in [0.1, 0.15) is 5.56 Å². The molecule has 20 heavy (non-hydrogen) atoms. The highest BCUT2D eigenvalue weighted by Crippen LogP contribution is 2.31. The molecule has 1 N–H and O–H groups in total. The average molecular weight is 354 g/mol. The molecule has 0 amide bonds. The Labute approximate surface area is 127 Å². The van der Waals surface area contributed by atoms with Crippen LogP contribution in [-0.2, 0) is 0 Å². The summed E-state index contributed by atoms with van der Waals surface area (Å²) < 4.78 is 0.492. The minimum absolute atomic E-state index is 0.0511. The molecule has 0 aliphatic rings. The first-order chi connectivity index (χ1) is 9.51. The SMILES string of the molecule is N#Cc1ccc(Cl)c(Nc2ncc(Br)cc2[N+](=O)[O-])c1. The molecular formula is C12H6BrClN4O2. The topological polar surface area (TPSA) is 91.8 Å². The number of halogens is 2. The predicted molar refractivity (Wildman–Crippen MR) is 78.0 cm³/mol. The lowest BCUT2D eigenvalue weighted by Gasteiger charge is -2.08. The molecule has 0 aliphatic heterocycles. The second-order valence-corrected chi connectivity index (χ2v) is 5.03. The van der Waals surface area contributed by atoms with Gasteiger partial charge in [0.1, 0.15) is 0 Å². The fraction of sp³-hybridized carbons (Fsp3) is 0. The first-order valence-electron chi connectivity index (χ1n) is 5.28. The number of nitriles is 1. The van der Waals surface area contributed by atoms with Crippen molar-refractivity contribution in [3.63, 3.8) is 0 Å². The lowest BCUT2D eigenvalue weighted by molar-refractivity contribution is -0.384. The molecule has 0 bridgehead atoms. The Bertz CT molecular complexity index is 730. The number of nitrogens with zero attached hydrogens (tertiary/aromatic N) is 3. The quantitative estimate of drug-likeness (QED) is 0.664. The van der Waals surface area contributed by atoms with Crippen molar-refractivity contribution in [2.75, 3.05) is 5.32 Å². The van der Waals surface area contributed by atoms with E-state index in [9.17, 15) is 10.1 Å². The molecule has 0 aliphatic carbocycles. The molecule has 0 unspecified atom stereocenters. The van der Waals surface area contributed by atoms with E-state index in [0.717, 1.165) is 0 Å². The number of benzene rings is 1. The molecule has 0 fully saturated rings. The zero-order chi connectivity index (χ0) is 14.7. The first-order valence-corrected chi connectivity index (χ1v) is 6.45. The maximum Gasteiger partial charge on any atom is 0.312 e. The Balaban J connectivity index is 2.45. The van der Waals surface area contributed by atoms with Crippen LogP contribution in [0.3, 0.4) is 0 Å². The molecule has 1 aromatic carbocycles. The average Bonchev–Trinajstić information content (AvgIpc) is 2.42. The molecule has 0 spiro atoms. The summed E-state index contributed by atoms with van der Waals surface area (Å²) in [6, 6.07) is 7.88. The molecule has 2 aromatic rings. The third-order valence-corrected chi connectivity index (χ3v) is 3.14. The molecule has 1 heterocycles. The summed E-state index contributed by atoms with van der Waals surface area (Å²) in [6.07, 6.45) is 1.43. The fourth-order valence-corrected chi connectivity index (χ4v) is 1.97. The van der Waals surface area contributed by atoms with E-state index >= 15 is 0 Å². The van der Waals surface area contributed by atoms with E-state index in [1.807, 2.05) is 6.07 Å². The fourth-order valence-electron chi connectivity index (χ4n) is 1.48. The monoisotopic (exact) mass is 352 g/mol. The van der Waals surface area contributed by atoms with E-state index in [-0.39, 0.29) is 11.5 Å². The Morgan fingerprint density at radius 3 is 2.85 bits per heavy atom. The van der Waals surface area contributed by atoms with Crippen molar-refractivity contribution in [2.24, 2.45) is 0 Å². The van der Waals surface area contributed by atoms with Gasteiger partial charge < -0.3 is 5.32 Å². The molecule has 0 saturated carbocycles. The zero-order valence-corrected chi connectivity index (χ0v) is 12.1. The second kappa shape index (κ2) is 5.86. The highest BCUT2D eigenvalue weighted by atomic mass is 79.9.